The molecule has 1 fully saturated rings. The maximum Gasteiger partial charge on any atom is 0.445 e. The Hall–Kier alpha value is -3.16. The molecule has 0 aliphatic heterocycles. The van der Waals surface area contributed by atoms with Gasteiger partial charge in [0.15, 0.2) is 17.5 Å². The van der Waals surface area contributed by atoms with Crippen LogP contribution in [0, 0.1) is 23.4 Å². The summed E-state index contributed by atoms with van der Waals surface area (Å²) in [6.07, 6.45) is 1.51. The Morgan fingerprint density at radius 3 is 2.08 bits per heavy atom. The number of aryl methyl sites for hydroxylation is 2. The first kappa shape index (κ1) is 29.8. The van der Waals surface area contributed by atoms with Crippen molar-refractivity contribution in [1.29, 1.82) is 0 Å². The summed E-state index contributed by atoms with van der Waals surface area (Å²) in [5.74, 6) is -7.57. The molecule has 0 nitrogen and oxygen atoms in total. The van der Waals surface area contributed by atoms with Crippen LogP contribution in [0.4, 0.5) is 35.1 Å². The average molecular weight is 567 g/mol. The van der Waals surface area contributed by atoms with Crippen molar-refractivity contribution in [1.82, 2.24) is 0 Å². The highest BCUT2D eigenvalue weighted by atomic mass is 19.4. The van der Waals surface area contributed by atoms with Crippen LogP contribution in [0.3, 0.4) is 0 Å². The highest BCUT2D eigenvalue weighted by Crippen LogP contribution is 2.39. The van der Waals surface area contributed by atoms with E-state index in [1.165, 1.54) is 43.4 Å². The summed E-state index contributed by atoms with van der Waals surface area (Å²) in [5.41, 5.74) is 0.917. The molecule has 0 atom stereocenters. The minimum atomic E-state index is -5.58. The van der Waals surface area contributed by atoms with Crippen molar-refractivity contribution in [2.75, 3.05) is 0 Å². The maximum absolute atomic E-state index is 15.0. The van der Waals surface area contributed by atoms with Crippen LogP contribution in [0.2, 0.25) is 0 Å². The van der Waals surface area contributed by atoms with Crippen molar-refractivity contribution in [2.45, 2.75) is 70.4 Å². The standard InChI is InChI=1S/C32H30F8/c1-2-3-19-4-8-21(9-5-19)22-11-13-23(14-12-22)25-17-15-24(28(34)29(25)35)10-6-20-7-16-26(27(33)18-20)30(36)31(37)32(38,39)40/h7,11-19,21H,2-6,8-10H2,1H3/b31-30+. The minimum Gasteiger partial charge on any atom is -0.206 e. The van der Waals surface area contributed by atoms with Gasteiger partial charge in [0.05, 0.1) is 0 Å². The van der Waals surface area contributed by atoms with E-state index in [1.54, 1.807) is 12.1 Å². The first-order chi connectivity index (χ1) is 19.0. The van der Waals surface area contributed by atoms with E-state index >= 15 is 4.39 Å². The van der Waals surface area contributed by atoms with Gasteiger partial charge in [0, 0.05) is 11.1 Å². The molecule has 3 aromatic rings. The van der Waals surface area contributed by atoms with E-state index in [2.05, 4.69) is 6.92 Å². The third-order valence-corrected chi connectivity index (χ3v) is 7.79. The van der Waals surface area contributed by atoms with Gasteiger partial charge in [-0.15, -0.1) is 0 Å². The molecule has 0 amide bonds. The molecule has 40 heavy (non-hydrogen) atoms. The van der Waals surface area contributed by atoms with Gasteiger partial charge in [0.25, 0.3) is 0 Å². The zero-order chi connectivity index (χ0) is 29.0. The summed E-state index contributed by atoms with van der Waals surface area (Å²) < 4.78 is 108. The van der Waals surface area contributed by atoms with E-state index in [-0.39, 0.29) is 29.5 Å². The molecular formula is C32H30F8. The molecule has 0 bridgehead atoms. The topological polar surface area (TPSA) is 0 Å². The SMILES string of the molecule is CCCC1CCC(c2ccc(-c3ccc(CCc4ccc(/C(F)=C(\F)C(F)(F)F)c(F)c4)c(F)c3F)cc2)CC1. The first-order valence-electron chi connectivity index (χ1n) is 13.5. The van der Waals surface area contributed by atoms with Gasteiger partial charge >= 0.3 is 6.18 Å². The van der Waals surface area contributed by atoms with Crippen LogP contribution in [0.1, 0.15) is 73.6 Å². The molecule has 1 saturated carbocycles. The molecule has 8 heteroatoms. The summed E-state index contributed by atoms with van der Waals surface area (Å²) in [6.45, 7) is 2.21. The molecule has 0 N–H and O–H groups in total. The molecule has 0 radical (unpaired) electrons. The minimum absolute atomic E-state index is 0.00477. The Morgan fingerprint density at radius 2 is 1.48 bits per heavy atom. The van der Waals surface area contributed by atoms with Crippen molar-refractivity contribution >= 4 is 5.83 Å². The largest absolute Gasteiger partial charge is 0.445 e. The molecule has 4 rings (SSSR count). The van der Waals surface area contributed by atoms with E-state index in [9.17, 15) is 30.7 Å². The lowest BCUT2D eigenvalue weighted by atomic mass is 9.77. The molecular weight excluding hydrogens is 536 g/mol. The van der Waals surface area contributed by atoms with Gasteiger partial charge in [-0.2, -0.15) is 17.6 Å². The lowest BCUT2D eigenvalue weighted by molar-refractivity contribution is -0.108. The van der Waals surface area contributed by atoms with Crippen molar-refractivity contribution in [3.05, 3.63) is 100 Å². The zero-order valence-corrected chi connectivity index (χ0v) is 22.0. The van der Waals surface area contributed by atoms with E-state index in [0.29, 0.717) is 17.5 Å². The number of alkyl halides is 3. The summed E-state index contributed by atoms with van der Waals surface area (Å²) in [7, 11) is 0. The summed E-state index contributed by atoms with van der Waals surface area (Å²) in [6, 6.07) is 13.0. The Kier molecular flexibility index (Phi) is 9.37. The van der Waals surface area contributed by atoms with Gasteiger partial charge in [-0.3, -0.25) is 0 Å². The van der Waals surface area contributed by atoms with Crippen LogP contribution in [-0.4, -0.2) is 6.18 Å². The third-order valence-electron chi connectivity index (χ3n) is 7.79. The number of hydrogen-bond acceptors (Lipinski definition) is 0. The van der Waals surface area contributed by atoms with Crippen LogP contribution in [0.15, 0.2) is 60.4 Å². The summed E-state index contributed by atoms with van der Waals surface area (Å²) in [5, 5.41) is 0. The van der Waals surface area contributed by atoms with Gasteiger partial charge < -0.3 is 0 Å². The number of halogens is 8. The Labute approximate surface area is 228 Å². The Morgan fingerprint density at radius 1 is 0.800 bits per heavy atom. The fraction of sp³-hybridized carbons (Fsp3) is 0.375. The Balaban J connectivity index is 1.43. The highest BCUT2D eigenvalue weighted by molar-refractivity contribution is 5.65. The lowest BCUT2D eigenvalue weighted by Crippen LogP contribution is -2.13. The van der Waals surface area contributed by atoms with Crippen LogP contribution < -0.4 is 0 Å². The van der Waals surface area contributed by atoms with E-state index in [4.69, 9.17) is 0 Å². The predicted molar refractivity (Wildman–Crippen MR) is 140 cm³/mol. The quantitative estimate of drug-likeness (QED) is 0.238. The van der Waals surface area contributed by atoms with Crippen LogP contribution in [0.5, 0.6) is 0 Å². The average Bonchev–Trinajstić information content (AvgIpc) is 2.93. The van der Waals surface area contributed by atoms with Crippen LogP contribution >= 0.6 is 0 Å². The fourth-order valence-corrected chi connectivity index (χ4v) is 5.55. The zero-order valence-electron chi connectivity index (χ0n) is 22.0. The monoisotopic (exact) mass is 566 g/mol. The summed E-state index contributed by atoms with van der Waals surface area (Å²) >= 11 is 0. The highest BCUT2D eigenvalue weighted by Gasteiger charge is 2.39. The second-order valence-corrected chi connectivity index (χ2v) is 10.5. The van der Waals surface area contributed by atoms with Crippen LogP contribution in [0.25, 0.3) is 17.0 Å². The van der Waals surface area contributed by atoms with E-state index in [1.807, 2.05) is 12.1 Å². The van der Waals surface area contributed by atoms with Crippen LogP contribution in [-0.2, 0) is 12.8 Å². The molecule has 1 aliphatic rings. The lowest BCUT2D eigenvalue weighted by Gasteiger charge is -2.28. The number of allylic oxidation sites excluding steroid dienone is 1. The first-order valence-corrected chi connectivity index (χ1v) is 13.5. The number of rotatable bonds is 8. The number of benzene rings is 3. The molecule has 1 aliphatic carbocycles. The van der Waals surface area contributed by atoms with Gasteiger partial charge in [0.2, 0.25) is 5.83 Å². The van der Waals surface area contributed by atoms with E-state index < -0.39 is 40.8 Å². The smallest absolute Gasteiger partial charge is 0.206 e. The van der Waals surface area contributed by atoms with Crippen molar-refractivity contribution < 1.29 is 35.1 Å². The van der Waals surface area contributed by atoms with E-state index in [0.717, 1.165) is 30.9 Å². The second-order valence-electron chi connectivity index (χ2n) is 10.5. The van der Waals surface area contributed by atoms with Crippen molar-refractivity contribution in [3.63, 3.8) is 0 Å². The normalized spacial score (nSPS) is 18.5. The molecule has 0 heterocycles. The fourth-order valence-electron chi connectivity index (χ4n) is 5.55. The molecule has 0 aromatic heterocycles. The van der Waals surface area contributed by atoms with Gasteiger partial charge in [-0.1, -0.05) is 62.2 Å². The van der Waals surface area contributed by atoms with Crippen molar-refractivity contribution in [3.8, 4) is 11.1 Å². The Bertz CT molecular complexity index is 1350. The number of hydrogen-bond donors (Lipinski definition) is 0. The summed E-state index contributed by atoms with van der Waals surface area (Å²) in [4.78, 5) is 0. The molecule has 0 spiro atoms. The molecule has 214 valence electrons. The molecule has 0 unspecified atom stereocenters. The molecule has 0 saturated heterocycles. The maximum atomic E-state index is 15.0. The van der Waals surface area contributed by atoms with Gasteiger partial charge in [0.1, 0.15) is 5.82 Å². The van der Waals surface area contributed by atoms with Gasteiger partial charge in [-0.25, -0.2) is 17.6 Å². The third kappa shape index (κ3) is 6.76. The van der Waals surface area contributed by atoms with Gasteiger partial charge in [-0.05, 0) is 84.7 Å². The predicted octanol–water partition coefficient (Wildman–Crippen LogP) is 10.8. The second kappa shape index (κ2) is 12.6. The molecule has 3 aromatic carbocycles. The van der Waals surface area contributed by atoms with Crippen molar-refractivity contribution in [2.24, 2.45) is 5.92 Å².